The fourth-order valence-electron chi connectivity index (χ4n) is 0.756. The lowest BCUT2D eigenvalue weighted by molar-refractivity contribution is 0.412. The second-order valence-electron chi connectivity index (χ2n) is 1.99. The molecule has 1 aromatic rings. The number of nitrogens with one attached hydrogen (secondary N) is 1. The number of hydrogen-bond acceptors (Lipinski definition) is 3. The van der Waals surface area contributed by atoms with Crippen molar-refractivity contribution in [3.05, 3.63) is 21.8 Å². The predicted molar refractivity (Wildman–Crippen MR) is 60.8 cm³/mol. The summed E-state index contributed by atoms with van der Waals surface area (Å²) in [4.78, 5) is 0. The van der Waals surface area contributed by atoms with Crippen LogP contribution in [0.1, 0.15) is 0 Å². The Labute approximate surface area is 91.2 Å². The molecule has 3 N–H and O–H groups in total. The molecular formula is C7H10ClIN2O. The number of nitrogen functional groups attached to an aromatic ring is 1. The van der Waals surface area contributed by atoms with Crippen LogP contribution in [0.2, 0.25) is 0 Å². The second kappa shape index (κ2) is 5.45. The Kier molecular flexibility index (Phi) is 5.36. The second-order valence-corrected chi connectivity index (χ2v) is 3.16. The van der Waals surface area contributed by atoms with Gasteiger partial charge in [-0.1, -0.05) is 0 Å². The summed E-state index contributed by atoms with van der Waals surface area (Å²) >= 11 is 2.19. The lowest BCUT2D eigenvalue weighted by Crippen LogP contribution is -2.06. The fraction of sp³-hybridized carbons (Fsp3) is 0.143. The predicted octanol–water partition coefficient (Wildman–Crippen LogP) is 2.01. The summed E-state index contributed by atoms with van der Waals surface area (Å²) in [6.45, 7) is 0. The number of rotatable bonds is 2. The van der Waals surface area contributed by atoms with Crippen LogP contribution in [0, 0.1) is 3.57 Å². The van der Waals surface area contributed by atoms with E-state index in [0.717, 1.165) is 15.0 Å². The molecule has 68 valence electrons. The maximum atomic E-state index is 5.22. The van der Waals surface area contributed by atoms with Crippen molar-refractivity contribution in [3.8, 4) is 5.75 Å². The molecule has 0 saturated heterocycles. The van der Waals surface area contributed by atoms with Crippen molar-refractivity contribution in [2.24, 2.45) is 5.84 Å². The Morgan fingerprint density at radius 1 is 1.50 bits per heavy atom. The SMILES string of the molecule is COc1ccc(NN)cc1I.Cl. The number of nitrogens with two attached hydrogens (primary N) is 1. The first kappa shape index (κ1) is 11.8. The van der Waals surface area contributed by atoms with Crippen molar-refractivity contribution in [1.82, 2.24) is 0 Å². The number of halogens is 2. The smallest absolute Gasteiger partial charge is 0.132 e. The van der Waals surface area contributed by atoms with E-state index in [2.05, 4.69) is 28.0 Å². The molecule has 0 fully saturated rings. The zero-order valence-corrected chi connectivity index (χ0v) is 9.48. The number of benzene rings is 1. The molecule has 0 radical (unpaired) electrons. The molecule has 0 amide bonds. The van der Waals surface area contributed by atoms with Crippen LogP contribution in [0.25, 0.3) is 0 Å². The van der Waals surface area contributed by atoms with Gasteiger partial charge in [-0.15, -0.1) is 12.4 Å². The maximum absolute atomic E-state index is 5.22. The Morgan fingerprint density at radius 2 is 2.17 bits per heavy atom. The zero-order chi connectivity index (χ0) is 8.27. The van der Waals surface area contributed by atoms with Crippen LogP contribution in [-0.2, 0) is 0 Å². The minimum atomic E-state index is 0. The van der Waals surface area contributed by atoms with Gasteiger partial charge in [-0.3, -0.25) is 5.84 Å². The minimum Gasteiger partial charge on any atom is -0.496 e. The summed E-state index contributed by atoms with van der Waals surface area (Å²) in [7, 11) is 1.65. The van der Waals surface area contributed by atoms with Gasteiger partial charge in [0, 0.05) is 5.69 Å². The molecule has 0 spiro atoms. The molecule has 0 atom stereocenters. The molecule has 0 saturated carbocycles. The molecule has 0 aliphatic heterocycles. The Morgan fingerprint density at radius 3 is 2.58 bits per heavy atom. The first-order chi connectivity index (χ1) is 5.27. The highest BCUT2D eigenvalue weighted by molar-refractivity contribution is 14.1. The molecule has 0 bridgehead atoms. The number of methoxy groups -OCH3 is 1. The van der Waals surface area contributed by atoms with E-state index in [0.29, 0.717) is 0 Å². The van der Waals surface area contributed by atoms with Crippen LogP contribution >= 0.6 is 35.0 Å². The molecule has 0 aromatic heterocycles. The minimum absolute atomic E-state index is 0. The largest absolute Gasteiger partial charge is 0.496 e. The molecule has 1 aromatic carbocycles. The third kappa shape index (κ3) is 2.69. The van der Waals surface area contributed by atoms with E-state index < -0.39 is 0 Å². The third-order valence-electron chi connectivity index (χ3n) is 1.32. The van der Waals surface area contributed by atoms with E-state index in [4.69, 9.17) is 10.6 Å². The van der Waals surface area contributed by atoms with E-state index in [9.17, 15) is 0 Å². The Hall–Kier alpha value is -0.200. The lowest BCUT2D eigenvalue weighted by Gasteiger charge is -2.04. The van der Waals surface area contributed by atoms with Gasteiger partial charge in [0.1, 0.15) is 5.75 Å². The first-order valence-corrected chi connectivity index (χ1v) is 4.16. The van der Waals surface area contributed by atoms with E-state index in [1.807, 2.05) is 18.2 Å². The van der Waals surface area contributed by atoms with Gasteiger partial charge >= 0.3 is 0 Å². The van der Waals surface area contributed by atoms with Crippen LogP contribution < -0.4 is 16.0 Å². The number of anilines is 1. The van der Waals surface area contributed by atoms with E-state index in [1.54, 1.807) is 7.11 Å². The van der Waals surface area contributed by atoms with Crippen LogP contribution in [0.15, 0.2) is 18.2 Å². The highest BCUT2D eigenvalue weighted by Gasteiger charge is 1.98. The molecular weight excluding hydrogens is 290 g/mol. The van der Waals surface area contributed by atoms with Crippen molar-refractivity contribution in [1.29, 1.82) is 0 Å². The Balaban J connectivity index is 0.00000121. The van der Waals surface area contributed by atoms with Crippen LogP contribution in [-0.4, -0.2) is 7.11 Å². The van der Waals surface area contributed by atoms with Gasteiger partial charge in [-0.2, -0.15) is 0 Å². The normalized spacial score (nSPS) is 8.58. The van der Waals surface area contributed by atoms with Crippen molar-refractivity contribution < 1.29 is 4.74 Å². The van der Waals surface area contributed by atoms with Crippen LogP contribution in [0.3, 0.4) is 0 Å². The zero-order valence-electron chi connectivity index (χ0n) is 6.50. The van der Waals surface area contributed by atoms with E-state index in [1.165, 1.54) is 0 Å². The molecule has 0 aliphatic carbocycles. The fourth-order valence-corrected chi connectivity index (χ4v) is 1.49. The quantitative estimate of drug-likeness (QED) is 0.499. The van der Waals surface area contributed by atoms with Gasteiger partial charge in [-0.25, -0.2) is 0 Å². The summed E-state index contributed by atoms with van der Waals surface area (Å²) in [5.74, 6) is 6.08. The van der Waals surface area contributed by atoms with Crippen LogP contribution in [0.4, 0.5) is 5.69 Å². The van der Waals surface area contributed by atoms with E-state index in [-0.39, 0.29) is 12.4 Å². The van der Waals surface area contributed by atoms with Gasteiger partial charge in [0.15, 0.2) is 0 Å². The summed E-state index contributed by atoms with van der Waals surface area (Å²) < 4.78 is 6.11. The number of hydrogen-bond donors (Lipinski definition) is 2. The van der Waals surface area contributed by atoms with Crippen molar-refractivity contribution in [2.45, 2.75) is 0 Å². The highest BCUT2D eigenvalue weighted by Crippen LogP contribution is 2.23. The highest BCUT2D eigenvalue weighted by atomic mass is 127. The standard InChI is InChI=1S/C7H9IN2O.ClH/c1-11-7-3-2-5(10-9)4-6(7)8;/h2-4,10H,9H2,1H3;1H. The van der Waals surface area contributed by atoms with Gasteiger partial charge < -0.3 is 10.2 Å². The third-order valence-corrected chi connectivity index (χ3v) is 2.16. The molecule has 3 nitrogen and oxygen atoms in total. The molecule has 12 heavy (non-hydrogen) atoms. The topological polar surface area (TPSA) is 47.3 Å². The van der Waals surface area contributed by atoms with E-state index >= 15 is 0 Å². The number of hydrazine groups is 1. The lowest BCUT2D eigenvalue weighted by atomic mass is 10.3. The van der Waals surface area contributed by atoms with Crippen molar-refractivity contribution >= 4 is 40.7 Å². The number of ether oxygens (including phenoxy) is 1. The van der Waals surface area contributed by atoms with Gasteiger partial charge in [0.25, 0.3) is 0 Å². The molecule has 0 heterocycles. The van der Waals surface area contributed by atoms with Gasteiger partial charge in [0.2, 0.25) is 0 Å². The van der Waals surface area contributed by atoms with Crippen LogP contribution in [0.5, 0.6) is 5.75 Å². The summed E-state index contributed by atoms with van der Waals surface area (Å²) in [5, 5.41) is 0. The molecule has 0 unspecified atom stereocenters. The monoisotopic (exact) mass is 300 g/mol. The maximum Gasteiger partial charge on any atom is 0.132 e. The molecule has 1 rings (SSSR count). The Bertz CT molecular complexity index is 257. The summed E-state index contributed by atoms with van der Waals surface area (Å²) in [6, 6.07) is 5.65. The summed E-state index contributed by atoms with van der Waals surface area (Å²) in [5.41, 5.74) is 3.44. The average molecular weight is 301 g/mol. The summed E-state index contributed by atoms with van der Waals surface area (Å²) in [6.07, 6.45) is 0. The van der Waals surface area contributed by atoms with Gasteiger partial charge in [0.05, 0.1) is 10.7 Å². The first-order valence-electron chi connectivity index (χ1n) is 3.08. The molecule has 0 aliphatic rings. The average Bonchev–Trinajstić information content (AvgIpc) is 2.04. The molecule has 5 heteroatoms. The van der Waals surface area contributed by atoms with Crippen molar-refractivity contribution in [2.75, 3.05) is 12.5 Å². The van der Waals surface area contributed by atoms with Crippen molar-refractivity contribution in [3.63, 3.8) is 0 Å². The van der Waals surface area contributed by atoms with Gasteiger partial charge in [-0.05, 0) is 40.8 Å².